The molecule has 1 rings (SSSR count). The van der Waals surface area contributed by atoms with Gasteiger partial charge in [-0.1, -0.05) is 25.5 Å². The molecule has 20 heavy (non-hydrogen) atoms. The molecule has 1 amide bonds. The summed E-state index contributed by atoms with van der Waals surface area (Å²) in [6.07, 6.45) is 2.67. The summed E-state index contributed by atoms with van der Waals surface area (Å²) in [5.41, 5.74) is 1.84. The molecule has 4 heteroatoms. The summed E-state index contributed by atoms with van der Waals surface area (Å²) in [5, 5.41) is 12.3. The molecule has 1 atom stereocenters. The third-order valence-electron chi connectivity index (χ3n) is 3.03. The topological polar surface area (TPSA) is 58.6 Å². The van der Waals surface area contributed by atoms with Crippen LogP contribution >= 0.6 is 0 Å². The number of aliphatic hydroxyl groups excluding tert-OH is 1. The van der Waals surface area contributed by atoms with Crippen molar-refractivity contribution in [1.29, 1.82) is 0 Å². The Morgan fingerprint density at radius 3 is 2.60 bits per heavy atom. The fraction of sp³-hybridized carbons (Fsp3) is 0.438. The van der Waals surface area contributed by atoms with E-state index in [-0.39, 0.29) is 5.91 Å². The maximum atomic E-state index is 11.7. The Balaban J connectivity index is 2.56. The number of hydrogen-bond donors (Lipinski definition) is 2. The van der Waals surface area contributed by atoms with Crippen molar-refractivity contribution in [3.8, 4) is 5.75 Å². The first kappa shape index (κ1) is 16.2. The number of methoxy groups -OCH3 is 1. The molecule has 110 valence electrons. The predicted molar refractivity (Wildman–Crippen MR) is 80.6 cm³/mol. The van der Waals surface area contributed by atoms with Crippen LogP contribution in [0.3, 0.4) is 0 Å². The van der Waals surface area contributed by atoms with Gasteiger partial charge < -0.3 is 15.2 Å². The molecule has 0 aromatic heterocycles. The van der Waals surface area contributed by atoms with Crippen molar-refractivity contribution in [2.75, 3.05) is 13.7 Å². The van der Waals surface area contributed by atoms with Crippen LogP contribution < -0.4 is 10.1 Å². The molecule has 0 saturated heterocycles. The predicted octanol–water partition coefficient (Wildman–Crippen LogP) is 2.38. The summed E-state index contributed by atoms with van der Waals surface area (Å²) in [6, 6.07) is 7.53. The van der Waals surface area contributed by atoms with Crippen molar-refractivity contribution in [3.63, 3.8) is 0 Å². The zero-order chi connectivity index (χ0) is 15.0. The molecule has 0 bridgehead atoms. The second-order valence-electron chi connectivity index (χ2n) is 4.74. The van der Waals surface area contributed by atoms with Crippen LogP contribution in [-0.4, -0.2) is 30.8 Å². The number of allylic oxidation sites excluding steroid dienone is 1. The SMILES string of the molecule is CCCC(O)CNC(=O)/C=C(/C)c1ccc(OC)cc1. The maximum Gasteiger partial charge on any atom is 0.244 e. The number of carbonyl (C=O) groups is 1. The summed E-state index contributed by atoms with van der Waals surface area (Å²) in [6.45, 7) is 4.17. The van der Waals surface area contributed by atoms with E-state index >= 15 is 0 Å². The zero-order valence-corrected chi connectivity index (χ0v) is 12.3. The number of ether oxygens (including phenoxy) is 1. The number of carbonyl (C=O) groups excluding carboxylic acids is 1. The summed E-state index contributed by atoms with van der Waals surface area (Å²) >= 11 is 0. The maximum absolute atomic E-state index is 11.7. The molecule has 1 aromatic rings. The highest BCUT2D eigenvalue weighted by atomic mass is 16.5. The monoisotopic (exact) mass is 277 g/mol. The van der Waals surface area contributed by atoms with E-state index in [1.165, 1.54) is 0 Å². The van der Waals surface area contributed by atoms with Gasteiger partial charge in [0.1, 0.15) is 5.75 Å². The molecule has 1 unspecified atom stereocenters. The molecule has 2 N–H and O–H groups in total. The Bertz CT molecular complexity index is 451. The lowest BCUT2D eigenvalue weighted by Crippen LogP contribution is -2.30. The Kier molecular flexibility index (Phi) is 6.81. The van der Waals surface area contributed by atoms with E-state index in [1.54, 1.807) is 13.2 Å². The van der Waals surface area contributed by atoms with Crippen molar-refractivity contribution in [2.24, 2.45) is 0 Å². The first-order valence-corrected chi connectivity index (χ1v) is 6.85. The number of amides is 1. The molecule has 0 aliphatic heterocycles. The molecule has 0 radical (unpaired) electrons. The van der Waals surface area contributed by atoms with Crippen LogP contribution in [0.4, 0.5) is 0 Å². The third-order valence-corrected chi connectivity index (χ3v) is 3.03. The van der Waals surface area contributed by atoms with Gasteiger partial charge in [0.25, 0.3) is 0 Å². The normalized spacial score (nSPS) is 12.9. The van der Waals surface area contributed by atoms with Crippen molar-refractivity contribution >= 4 is 11.5 Å². The lowest BCUT2D eigenvalue weighted by atomic mass is 10.1. The average Bonchev–Trinajstić information content (AvgIpc) is 2.45. The van der Waals surface area contributed by atoms with E-state index < -0.39 is 6.10 Å². The molecular formula is C16H23NO3. The first-order chi connectivity index (χ1) is 9.56. The van der Waals surface area contributed by atoms with Crippen LogP contribution in [0.1, 0.15) is 32.3 Å². The van der Waals surface area contributed by atoms with E-state index in [2.05, 4.69) is 5.32 Å². The van der Waals surface area contributed by atoms with Gasteiger partial charge in [-0.15, -0.1) is 0 Å². The number of hydrogen-bond acceptors (Lipinski definition) is 3. The minimum absolute atomic E-state index is 0.187. The number of aliphatic hydroxyl groups is 1. The van der Waals surface area contributed by atoms with Gasteiger partial charge in [-0.05, 0) is 36.6 Å². The van der Waals surface area contributed by atoms with Gasteiger partial charge in [-0.3, -0.25) is 4.79 Å². The fourth-order valence-electron chi connectivity index (χ4n) is 1.84. The van der Waals surface area contributed by atoms with Crippen LogP contribution in [-0.2, 0) is 4.79 Å². The Morgan fingerprint density at radius 1 is 1.40 bits per heavy atom. The van der Waals surface area contributed by atoms with Gasteiger partial charge in [-0.25, -0.2) is 0 Å². The lowest BCUT2D eigenvalue weighted by Gasteiger charge is -2.09. The quantitative estimate of drug-likeness (QED) is 0.752. The molecule has 0 aliphatic carbocycles. The van der Waals surface area contributed by atoms with Crippen LogP contribution in [0.15, 0.2) is 30.3 Å². The molecule has 4 nitrogen and oxygen atoms in total. The molecule has 0 saturated carbocycles. The van der Waals surface area contributed by atoms with E-state index in [1.807, 2.05) is 38.1 Å². The summed E-state index contributed by atoms with van der Waals surface area (Å²) < 4.78 is 5.09. The van der Waals surface area contributed by atoms with Crippen LogP contribution in [0.5, 0.6) is 5.75 Å². The number of benzene rings is 1. The second kappa shape index (κ2) is 8.38. The van der Waals surface area contributed by atoms with E-state index in [0.717, 1.165) is 23.3 Å². The van der Waals surface area contributed by atoms with E-state index in [9.17, 15) is 9.90 Å². The first-order valence-electron chi connectivity index (χ1n) is 6.85. The van der Waals surface area contributed by atoms with Gasteiger partial charge in [-0.2, -0.15) is 0 Å². The highest BCUT2D eigenvalue weighted by Crippen LogP contribution is 2.17. The zero-order valence-electron chi connectivity index (χ0n) is 12.3. The average molecular weight is 277 g/mol. The van der Waals surface area contributed by atoms with Gasteiger partial charge in [0.15, 0.2) is 0 Å². The van der Waals surface area contributed by atoms with Gasteiger partial charge in [0, 0.05) is 12.6 Å². The Labute approximate surface area is 120 Å². The van der Waals surface area contributed by atoms with E-state index in [0.29, 0.717) is 13.0 Å². The molecule has 0 aliphatic rings. The van der Waals surface area contributed by atoms with Crippen LogP contribution in [0.2, 0.25) is 0 Å². The minimum atomic E-state index is -0.473. The lowest BCUT2D eigenvalue weighted by molar-refractivity contribution is -0.116. The van der Waals surface area contributed by atoms with Gasteiger partial charge in [0.2, 0.25) is 5.91 Å². The number of rotatable bonds is 7. The van der Waals surface area contributed by atoms with Crippen molar-refractivity contribution in [2.45, 2.75) is 32.8 Å². The molecule has 0 spiro atoms. The highest BCUT2D eigenvalue weighted by molar-refractivity contribution is 5.94. The highest BCUT2D eigenvalue weighted by Gasteiger charge is 2.05. The Hall–Kier alpha value is -1.81. The van der Waals surface area contributed by atoms with Crippen LogP contribution in [0, 0.1) is 0 Å². The van der Waals surface area contributed by atoms with Crippen molar-refractivity contribution in [3.05, 3.63) is 35.9 Å². The fourth-order valence-corrected chi connectivity index (χ4v) is 1.84. The largest absolute Gasteiger partial charge is 0.497 e. The summed E-state index contributed by atoms with van der Waals surface area (Å²) in [5.74, 6) is 0.599. The molecule has 0 fully saturated rings. The Morgan fingerprint density at radius 2 is 2.05 bits per heavy atom. The van der Waals surface area contributed by atoms with E-state index in [4.69, 9.17) is 4.74 Å². The molecule has 1 aromatic carbocycles. The smallest absolute Gasteiger partial charge is 0.244 e. The number of nitrogens with one attached hydrogen (secondary N) is 1. The second-order valence-corrected chi connectivity index (χ2v) is 4.74. The van der Waals surface area contributed by atoms with Crippen LogP contribution in [0.25, 0.3) is 5.57 Å². The van der Waals surface area contributed by atoms with Crippen molar-refractivity contribution < 1.29 is 14.6 Å². The van der Waals surface area contributed by atoms with Crippen molar-refractivity contribution in [1.82, 2.24) is 5.32 Å². The standard InChI is InChI=1S/C16H23NO3/c1-4-5-14(18)11-17-16(19)10-12(2)13-6-8-15(20-3)9-7-13/h6-10,14,18H,4-5,11H2,1-3H3,(H,17,19)/b12-10-. The molecular weight excluding hydrogens is 254 g/mol. The molecule has 0 heterocycles. The van der Waals surface area contributed by atoms with Gasteiger partial charge in [0.05, 0.1) is 13.2 Å². The summed E-state index contributed by atoms with van der Waals surface area (Å²) in [4.78, 5) is 11.7. The third kappa shape index (κ3) is 5.45. The summed E-state index contributed by atoms with van der Waals surface area (Å²) in [7, 11) is 1.62. The minimum Gasteiger partial charge on any atom is -0.497 e. The van der Waals surface area contributed by atoms with Gasteiger partial charge >= 0.3 is 0 Å².